The number of halogens is 1. The number of carbonyl (C=O) groups is 1. The Balaban J connectivity index is 3.41. The van der Waals surface area contributed by atoms with Crippen LogP contribution in [0, 0.1) is 5.41 Å². The van der Waals surface area contributed by atoms with Crippen molar-refractivity contribution >= 4 is 33.2 Å². The van der Waals surface area contributed by atoms with Gasteiger partial charge in [0.15, 0.2) is 0 Å². The van der Waals surface area contributed by atoms with Crippen LogP contribution in [0.15, 0.2) is 52.9 Å². The monoisotopic (exact) mass is 340 g/mol. The first-order valence-electron chi connectivity index (χ1n) is 5.78. The van der Waals surface area contributed by atoms with E-state index in [0.29, 0.717) is 0 Å². The first-order valence-corrected chi connectivity index (χ1v) is 7.39. The molecule has 0 aliphatic carbocycles. The van der Waals surface area contributed by atoms with Gasteiger partial charge in [-0.3, -0.25) is 4.79 Å². The molecule has 0 bridgehead atoms. The van der Waals surface area contributed by atoms with Crippen LogP contribution in [0.1, 0.15) is 24.6 Å². The van der Waals surface area contributed by atoms with E-state index >= 15 is 0 Å². The van der Waals surface area contributed by atoms with Crippen LogP contribution >= 0.6 is 27.3 Å². The fourth-order valence-electron chi connectivity index (χ4n) is 1.96. The summed E-state index contributed by atoms with van der Waals surface area (Å²) in [6, 6.07) is 3.88. The van der Waals surface area contributed by atoms with Gasteiger partial charge in [-0.15, -0.1) is 11.3 Å². The molecule has 1 atom stereocenters. The van der Waals surface area contributed by atoms with Gasteiger partial charge in [0.2, 0.25) is 0 Å². The maximum absolute atomic E-state index is 11.6. The minimum Gasteiger partial charge on any atom is -0.481 e. The van der Waals surface area contributed by atoms with Crippen LogP contribution < -0.4 is 0 Å². The van der Waals surface area contributed by atoms with Crippen LogP contribution in [0.5, 0.6) is 0 Å². The van der Waals surface area contributed by atoms with Crippen LogP contribution in [0.3, 0.4) is 0 Å². The second-order valence-electron chi connectivity index (χ2n) is 4.71. The molecule has 0 aliphatic rings. The predicted octanol–water partition coefficient (Wildman–Crippen LogP) is 5.00. The number of allylic oxidation sites excluding steroid dienone is 4. The fraction of sp³-hybridized carbons (Fsp3) is 0.267. The van der Waals surface area contributed by atoms with Crippen molar-refractivity contribution in [3.05, 3.63) is 57.8 Å². The molecular formula is C15H17BrO2S. The third-order valence-electron chi connectivity index (χ3n) is 3.03. The summed E-state index contributed by atoms with van der Waals surface area (Å²) in [7, 11) is 0. The predicted molar refractivity (Wildman–Crippen MR) is 84.7 cm³/mol. The van der Waals surface area contributed by atoms with Crippen LogP contribution in [0.25, 0.3) is 0 Å². The molecule has 0 amide bonds. The Morgan fingerprint density at radius 2 is 2.11 bits per heavy atom. The molecule has 1 aromatic heterocycles. The van der Waals surface area contributed by atoms with Crippen molar-refractivity contribution in [2.24, 2.45) is 5.41 Å². The molecular weight excluding hydrogens is 324 g/mol. The molecule has 0 spiro atoms. The second-order valence-corrected chi connectivity index (χ2v) is 7.20. The number of thiophene rings is 1. The zero-order valence-electron chi connectivity index (χ0n) is 11.0. The number of rotatable bonds is 6. The van der Waals surface area contributed by atoms with E-state index in [4.69, 9.17) is 0 Å². The third kappa shape index (κ3) is 3.45. The number of hydrogen-bond acceptors (Lipinski definition) is 2. The number of carboxylic acids is 1. The first kappa shape index (κ1) is 15.9. The van der Waals surface area contributed by atoms with Crippen LogP contribution in [-0.4, -0.2) is 11.1 Å². The van der Waals surface area contributed by atoms with Crippen LogP contribution in [0.4, 0.5) is 0 Å². The third-order valence-corrected chi connectivity index (χ3v) is 4.72. The lowest BCUT2D eigenvalue weighted by atomic mass is 9.73. The molecule has 4 heteroatoms. The molecule has 102 valence electrons. The topological polar surface area (TPSA) is 37.3 Å². The SMILES string of the molecule is C=C/C=C(\C=C)C(c1ccc(Br)s1)C(C)(C)C(=O)O. The molecule has 1 N–H and O–H groups in total. The van der Waals surface area contributed by atoms with Gasteiger partial charge in [0, 0.05) is 10.8 Å². The smallest absolute Gasteiger partial charge is 0.310 e. The summed E-state index contributed by atoms with van der Waals surface area (Å²) in [6.07, 6.45) is 5.17. The van der Waals surface area contributed by atoms with Crippen molar-refractivity contribution in [2.45, 2.75) is 19.8 Å². The average Bonchev–Trinajstić information content (AvgIpc) is 2.74. The highest BCUT2D eigenvalue weighted by atomic mass is 79.9. The lowest BCUT2D eigenvalue weighted by molar-refractivity contribution is -0.147. The quantitative estimate of drug-likeness (QED) is 0.739. The maximum atomic E-state index is 11.6. The van der Waals surface area contributed by atoms with Crippen LogP contribution in [-0.2, 0) is 4.79 Å². The van der Waals surface area contributed by atoms with Gasteiger partial charge in [-0.2, -0.15) is 0 Å². The van der Waals surface area contributed by atoms with Crippen molar-refractivity contribution < 1.29 is 9.90 Å². The number of aliphatic carboxylic acids is 1. The zero-order chi connectivity index (χ0) is 14.6. The standard InChI is InChI=1S/C15H17BrO2S/c1-5-7-10(6-2)13(15(3,4)14(17)18)11-8-9-12(16)19-11/h5-9,13H,1-2H2,3-4H3,(H,17,18)/b10-7+. The van der Waals surface area contributed by atoms with Gasteiger partial charge >= 0.3 is 5.97 Å². The Kier molecular flexibility index (Phi) is 5.32. The average molecular weight is 341 g/mol. The van der Waals surface area contributed by atoms with Crippen molar-refractivity contribution in [3.63, 3.8) is 0 Å². The Morgan fingerprint density at radius 1 is 1.47 bits per heavy atom. The van der Waals surface area contributed by atoms with E-state index in [2.05, 4.69) is 29.1 Å². The Bertz CT molecular complexity index is 526. The lowest BCUT2D eigenvalue weighted by Gasteiger charge is -2.30. The maximum Gasteiger partial charge on any atom is 0.310 e. The molecule has 0 radical (unpaired) electrons. The van der Waals surface area contributed by atoms with Crippen molar-refractivity contribution in [3.8, 4) is 0 Å². The summed E-state index contributed by atoms with van der Waals surface area (Å²) in [6.45, 7) is 10.9. The van der Waals surface area contributed by atoms with E-state index in [1.54, 1.807) is 37.3 Å². The number of carboxylic acid groups (broad SMARTS) is 1. The summed E-state index contributed by atoms with van der Waals surface area (Å²) >= 11 is 4.96. The highest BCUT2D eigenvalue weighted by Gasteiger charge is 2.39. The molecule has 0 saturated carbocycles. The van der Waals surface area contributed by atoms with E-state index < -0.39 is 11.4 Å². The van der Waals surface area contributed by atoms with Gasteiger partial charge in [0.25, 0.3) is 0 Å². The highest BCUT2D eigenvalue weighted by molar-refractivity contribution is 9.11. The summed E-state index contributed by atoms with van der Waals surface area (Å²) in [4.78, 5) is 12.6. The normalized spacial score (nSPS) is 13.9. The van der Waals surface area contributed by atoms with E-state index in [9.17, 15) is 9.90 Å². The molecule has 1 unspecified atom stereocenters. The molecule has 0 aromatic carbocycles. The van der Waals surface area contributed by atoms with Gasteiger partial charge in [-0.1, -0.05) is 31.4 Å². The molecule has 0 saturated heterocycles. The van der Waals surface area contributed by atoms with Crippen molar-refractivity contribution in [1.29, 1.82) is 0 Å². The van der Waals surface area contributed by atoms with E-state index in [0.717, 1.165) is 14.2 Å². The van der Waals surface area contributed by atoms with Crippen molar-refractivity contribution in [1.82, 2.24) is 0 Å². The minimum atomic E-state index is -0.923. The fourth-order valence-corrected chi connectivity index (χ4v) is 3.70. The molecule has 19 heavy (non-hydrogen) atoms. The first-order chi connectivity index (χ1) is 8.84. The largest absolute Gasteiger partial charge is 0.481 e. The number of hydrogen-bond donors (Lipinski definition) is 1. The molecule has 2 nitrogen and oxygen atoms in total. The Morgan fingerprint density at radius 3 is 2.47 bits per heavy atom. The van der Waals surface area contributed by atoms with Gasteiger partial charge in [0.05, 0.1) is 9.20 Å². The van der Waals surface area contributed by atoms with E-state index in [1.807, 2.05) is 18.2 Å². The van der Waals surface area contributed by atoms with Gasteiger partial charge in [-0.25, -0.2) is 0 Å². The summed E-state index contributed by atoms with van der Waals surface area (Å²) in [5, 5.41) is 9.50. The molecule has 1 rings (SSSR count). The van der Waals surface area contributed by atoms with Gasteiger partial charge in [-0.05, 0) is 47.5 Å². The van der Waals surface area contributed by atoms with Gasteiger partial charge < -0.3 is 5.11 Å². The molecule has 1 heterocycles. The molecule has 0 fully saturated rings. The second kappa shape index (κ2) is 6.35. The lowest BCUT2D eigenvalue weighted by Crippen LogP contribution is -2.31. The summed E-state index contributed by atoms with van der Waals surface area (Å²) < 4.78 is 0.982. The Labute approximate surface area is 126 Å². The summed E-state index contributed by atoms with van der Waals surface area (Å²) in [5.74, 6) is -1.09. The summed E-state index contributed by atoms with van der Waals surface area (Å²) in [5.41, 5.74) is -0.0652. The highest BCUT2D eigenvalue weighted by Crippen LogP contribution is 2.45. The molecule has 1 aromatic rings. The van der Waals surface area contributed by atoms with E-state index in [1.165, 1.54) is 0 Å². The molecule has 0 aliphatic heterocycles. The van der Waals surface area contributed by atoms with E-state index in [-0.39, 0.29) is 5.92 Å². The van der Waals surface area contributed by atoms with Crippen LogP contribution in [0.2, 0.25) is 0 Å². The zero-order valence-corrected chi connectivity index (χ0v) is 13.4. The Hall–Kier alpha value is -1.13. The van der Waals surface area contributed by atoms with Crippen molar-refractivity contribution in [2.75, 3.05) is 0 Å². The van der Waals surface area contributed by atoms with Gasteiger partial charge in [0.1, 0.15) is 0 Å². The minimum absolute atomic E-state index is 0.253.